The zero-order valence-electron chi connectivity index (χ0n) is 11.6. The highest BCUT2D eigenvalue weighted by atomic mass is 16.5. The van der Waals surface area contributed by atoms with Crippen LogP contribution in [0.3, 0.4) is 0 Å². The van der Waals surface area contributed by atoms with E-state index in [4.69, 9.17) is 4.74 Å². The average molecular weight is 264 g/mol. The van der Waals surface area contributed by atoms with Gasteiger partial charge in [0, 0.05) is 39.7 Å². The van der Waals surface area contributed by atoms with E-state index in [0.717, 1.165) is 31.3 Å². The number of hydrogen-bond donors (Lipinski definition) is 1. The minimum Gasteiger partial charge on any atom is -0.385 e. The van der Waals surface area contributed by atoms with Gasteiger partial charge >= 0.3 is 0 Å². The number of aryl methyl sites for hydroxylation is 1. The Bertz CT molecular complexity index is 506. The largest absolute Gasteiger partial charge is 0.385 e. The summed E-state index contributed by atoms with van der Waals surface area (Å²) in [5.41, 5.74) is 0. The highest BCUT2D eigenvalue weighted by Gasteiger charge is 2.16. The SMILES string of the molecule is COCCCNc1nccn1C(C)c1nncn1C. The standard InChI is InChI=1S/C12H20N6O/c1-10(11-16-15-9-17(11)2)18-7-6-14-12(18)13-5-4-8-19-3/h6-7,9-10H,4-5,8H2,1-3H3,(H,13,14). The molecule has 0 aromatic carbocycles. The van der Waals surface area contributed by atoms with Crippen molar-refractivity contribution >= 4 is 5.95 Å². The second-order valence-corrected chi connectivity index (χ2v) is 4.41. The number of imidazole rings is 1. The quantitative estimate of drug-likeness (QED) is 0.757. The van der Waals surface area contributed by atoms with Gasteiger partial charge in [0.1, 0.15) is 6.33 Å². The Balaban J connectivity index is 2.04. The summed E-state index contributed by atoms with van der Waals surface area (Å²) in [5, 5.41) is 11.4. The Morgan fingerprint density at radius 1 is 1.47 bits per heavy atom. The molecule has 0 bridgehead atoms. The molecule has 2 aromatic heterocycles. The fourth-order valence-electron chi connectivity index (χ4n) is 1.97. The predicted octanol–water partition coefficient (Wildman–Crippen LogP) is 1.07. The van der Waals surface area contributed by atoms with E-state index in [9.17, 15) is 0 Å². The van der Waals surface area contributed by atoms with Crippen molar-refractivity contribution in [2.75, 3.05) is 25.6 Å². The molecule has 0 radical (unpaired) electrons. The van der Waals surface area contributed by atoms with Gasteiger partial charge in [-0.3, -0.25) is 0 Å². The van der Waals surface area contributed by atoms with Crippen LogP contribution in [0.2, 0.25) is 0 Å². The second kappa shape index (κ2) is 6.33. The molecule has 0 aliphatic rings. The van der Waals surface area contributed by atoms with Crippen LogP contribution < -0.4 is 5.32 Å². The lowest BCUT2D eigenvalue weighted by Crippen LogP contribution is -2.16. The van der Waals surface area contributed by atoms with E-state index in [1.807, 2.05) is 17.8 Å². The minimum absolute atomic E-state index is 0.0833. The van der Waals surface area contributed by atoms with E-state index in [1.54, 1.807) is 19.6 Å². The van der Waals surface area contributed by atoms with Gasteiger partial charge in [-0.2, -0.15) is 0 Å². The minimum atomic E-state index is 0.0833. The molecule has 7 heteroatoms. The number of anilines is 1. The van der Waals surface area contributed by atoms with Gasteiger partial charge in [-0.15, -0.1) is 10.2 Å². The number of hydrogen-bond acceptors (Lipinski definition) is 5. The summed E-state index contributed by atoms with van der Waals surface area (Å²) >= 11 is 0. The average Bonchev–Trinajstić information content (AvgIpc) is 3.02. The fourth-order valence-corrected chi connectivity index (χ4v) is 1.97. The Kier molecular flexibility index (Phi) is 4.51. The van der Waals surface area contributed by atoms with E-state index < -0.39 is 0 Å². The van der Waals surface area contributed by atoms with Crippen LogP contribution in [0.1, 0.15) is 25.2 Å². The molecule has 0 saturated heterocycles. The zero-order chi connectivity index (χ0) is 13.7. The summed E-state index contributed by atoms with van der Waals surface area (Å²) < 4.78 is 8.99. The van der Waals surface area contributed by atoms with Crippen LogP contribution in [0.5, 0.6) is 0 Å². The van der Waals surface area contributed by atoms with E-state index in [2.05, 4.69) is 32.0 Å². The fraction of sp³-hybridized carbons (Fsp3) is 0.583. The number of rotatable bonds is 7. The van der Waals surface area contributed by atoms with Crippen LogP contribution in [0, 0.1) is 0 Å². The Hall–Kier alpha value is -1.89. The maximum atomic E-state index is 5.02. The molecular weight excluding hydrogens is 244 g/mol. The summed E-state index contributed by atoms with van der Waals surface area (Å²) in [5.74, 6) is 1.74. The molecule has 1 N–H and O–H groups in total. The molecule has 0 aliphatic carbocycles. The van der Waals surface area contributed by atoms with Gasteiger partial charge in [-0.1, -0.05) is 0 Å². The van der Waals surface area contributed by atoms with Crippen molar-refractivity contribution in [3.05, 3.63) is 24.5 Å². The van der Waals surface area contributed by atoms with Crippen LogP contribution in [0.4, 0.5) is 5.95 Å². The van der Waals surface area contributed by atoms with Crippen molar-refractivity contribution < 1.29 is 4.74 Å². The Morgan fingerprint density at radius 2 is 2.32 bits per heavy atom. The molecule has 0 spiro atoms. The third-order valence-corrected chi connectivity index (χ3v) is 3.01. The van der Waals surface area contributed by atoms with Crippen molar-refractivity contribution in [2.24, 2.45) is 7.05 Å². The maximum Gasteiger partial charge on any atom is 0.203 e. The van der Waals surface area contributed by atoms with Crippen LogP contribution in [0.25, 0.3) is 0 Å². The predicted molar refractivity (Wildman–Crippen MR) is 72.0 cm³/mol. The molecule has 0 aliphatic heterocycles. The summed E-state index contributed by atoms with van der Waals surface area (Å²) in [6.07, 6.45) is 6.37. The zero-order valence-corrected chi connectivity index (χ0v) is 11.6. The first-order chi connectivity index (χ1) is 9.24. The summed E-state index contributed by atoms with van der Waals surface area (Å²) in [4.78, 5) is 4.33. The second-order valence-electron chi connectivity index (χ2n) is 4.41. The third-order valence-electron chi connectivity index (χ3n) is 3.01. The lowest BCUT2D eigenvalue weighted by Gasteiger charge is -2.16. The van der Waals surface area contributed by atoms with Gasteiger partial charge in [0.25, 0.3) is 0 Å². The van der Waals surface area contributed by atoms with Crippen LogP contribution >= 0.6 is 0 Å². The first kappa shape index (κ1) is 13.5. The normalized spacial score (nSPS) is 12.6. The van der Waals surface area contributed by atoms with Crippen LogP contribution in [0.15, 0.2) is 18.7 Å². The smallest absolute Gasteiger partial charge is 0.203 e. The summed E-state index contributed by atoms with van der Waals surface area (Å²) in [6.45, 7) is 3.65. The van der Waals surface area contributed by atoms with Crippen molar-refractivity contribution in [1.82, 2.24) is 24.3 Å². The first-order valence-electron chi connectivity index (χ1n) is 6.33. The maximum absolute atomic E-state index is 5.02. The highest BCUT2D eigenvalue weighted by molar-refractivity contribution is 5.27. The molecule has 0 saturated carbocycles. The topological polar surface area (TPSA) is 69.8 Å². The number of nitrogens with zero attached hydrogens (tertiary/aromatic N) is 5. The van der Waals surface area contributed by atoms with Gasteiger partial charge < -0.3 is 19.2 Å². The van der Waals surface area contributed by atoms with E-state index >= 15 is 0 Å². The van der Waals surface area contributed by atoms with Gasteiger partial charge in [0.05, 0.1) is 6.04 Å². The molecule has 0 amide bonds. The number of ether oxygens (including phenoxy) is 1. The Labute approximate surface area is 112 Å². The van der Waals surface area contributed by atoms with Crippen molar-refractivity contribution in [3.63, 3.8) is 0 Å². The van der Waals surface area contributed by atoms with Gasteiger partial charge in [0.15, 0.2) is 5.82 Å². The molecular formula is C12H20N6O. The summed E-state index contributed by atoms with van der Waals surface area (Å²) in [6, 6.07) is 0.0833. The number of aromatic nitrogens is 5. The molecule has 7 nitrogen and oxygen atoms in total. The molecule has 19 heavy (non-hydrogen) atoms. The van der Waals surface area contributed by atoms with Crippen molar-refractivity contribution in [1.29, 1.82) is 0 Å². The van der Waals surface area contributed by atoms with Gasteiger partial charge in [0.2, 0.25) is 5.95 Å². The number of methoxy groups -OCH3 is 1. The molecule has 1 atom stereocenters. The van der Waals surface area contributed by atoms with Crippen molar-refractivity contribution in [2.45, 2.75) is 19.4 Å². The van der Waals surface area contributed by atoms with Crippen LogP contribution in [-0.4, -0.2) is 44.6 Å². The lowest BCUT2D eigenvalue weighted by molar-refractivity contribution is 0.197. The molecule has 104 valence electrons. The first-order valence-corrected chi connectivity index (χ1v) is 6.33. The van der Waals surface area contributed by atoms with E-state index in [0.29, 0.717) is 0 Å². The van der Waals surface area contributed by atoms with E-state index in [-0.39, 0.29) is 6.04 Å². The van der Waals surface area contributed by atoms with Crippen molar-refractivity contribution in [3.8, 4) is 0 Å². The molecule has 0 fully saturated rings. The monoisotopic (exact) mass is 264 g/mol. The molecule has 2 heterocycles. The highest BCUT2D eigenvalue weighted by Crippen LogP contribution is 2.19. The van der Waals surface area contributed by atoms with Gasteiger partial charge in [-0.05, 0) is 13.3 Å². The Morgan fingerprint density at radius 3 is 3.00 bits per heavy atom. The summed E-state index contributed by atoms with van der Waals surface area (Å²) in [7, 11) is 3.64. The molecule has 2 aromatic rings. The number of nitrogens with one attached hydrogen (secondary N) is 1. The van der Waals surface area contributed by atoms with Gasteiger partial charge in [-0.25, -0.2) is 4.98 Å². The molecule has 2 rings (SSSR count). The van der Waals surface area contributed by atoms with Crippen LogP contribution in [-0.2, 0) is 11.8 Å². The third kappa shape index (κ3) is 3.11. The molecule has 1 unspecified atom stereocenters. The van der Waals surface area contributed by atoms with E-state index in [1.165, 1.54) is 0 Å². The lowest BCUT2D eigenvalue weighted by atomic mass is 10.3.